The van der Waals surface area contributed by atoms with E-state index in [-0.39, 0.29) is 10.9 Å². The molecule has 0 heterocycles. The fraction of sp³-hybridized carbons (Fsp3) is 0.133. The first-order valence-corrected chi connectivity index (χ1v) is 7.37. The Morgan fingerprint density at radius 2 is 2.10 bits per heavy atom. The van der Waals surface area contributed by atoms with E-state index in [4.69, 9.17) is 16.3 Å². The number of ether oxygens (including phenoxy) is 1. The van der Waals surface area contributed by atoms with Gasteiger partial charge in [0.05, 0.1) is 16.1 Å². The van der Waals surface area contributed by atoms with Gasteiger partial charge >= 0.3 is 0 Å². The normalized spacial score (nSPS) is 10.3. The highest BCUT2D eigenvalue weighted by Crippen LogP contribution is 2.26. The summed E-state index contributed by atoms with van der Waals surface area (Å²) in [5, 5.41) is 2.61. The molecular formula is C15H12BrClFNO2. The molecule has 0 bridgehead atoms. The first kappa shape index (κ1) is 15.8. The van der Waals surface area contributed by atoms with E-state index in [2.05, 4.69) is 21.2 Å². The highest BCUT2D eigenvalue weighted by Gasteiger charge is 2.10. The summed E-state index contributed by atoms with van der Waals surface area (Å²) in [7, 11) is 0. The third kappa shape index (κ3) is 3.95. The van der Waals surface area contributed by atoms with Crippen molar-refractivity contribution in [2.75, 3.05) is 11.9 Å². The van der Waals surface area contributed by atoms with E-state index >= 15 is 0 Å². The zero-order valence-corrected chi connectivity index (χ0v) is 13.5. The lowest BCUT2D eigenvalue weighted by atomic mass is 10.2. The third-order valence-electron chi connectivity index (χ3n) is 2.67. The summed E-state index contributed by atoms with van der Waals surface area (Å²) >= 11 is 9.02. The number of nitrogens with one attached hydrogen (secondary N) is 1. The predicted molar refractivity (Wildman–Crippen MR) is 84.7 cm³/mol. The summed E-state index contributed by atoms with van der Waals surface area (Å²) in [6.07, 6.45) is 0. The lowest BCUT2D eigenvalue weighted by Crippen LogP contribution is -2.12. The van der Waals surface area contributed by atoms with Gasteiger partial charge in [-0.3, -0.25) is 4.79 Å². The van der Waals surface area contributed by atoms with Crippen LogP contribution >= 0.6 is 27.5 Å². The summed E-state index contributed by atoms with van der Waals surface area (Å²) < 4.78 is 19.1. The maximum absolute atomic E-state index is 13.1. The number of hydrogen-bond acceptors (Lipinski definition) is 2. The van der Waals surface area contributed by atoms with Crippen LogP contribution < -0.4 is 10.1 Å². The van der Waals surface area contributed by atoms with Crippen LogP contribution in [0, 0.1) is 5.82 Å². The van der Waals surface area contributed by atoms with Crippen molar-refractivity contribution >= 4 is 39.1 Å². The van der Waals surface area contributed by atoms with Gasteiger partial charge in [0.15, 0.2) is 0 Å². The Labute approximate surface area is 135 Å². The standard InChI is InChI=1S/C15H12BrClFNO2/c1-2-21-14-6-3-9(7-11(14)16)15(20)19-10-4-5-13(18)12(17)8-10/h3-8H,2H2,1H3,(H,19,20). The maximum atomic E-state index is 13.1. The summed E-state index contributed by atoms with van der Waals surface area (Å²) in [6, 6.07) is 9.02. The van der Waals surface area contributed by atoms with E-state index < -0.39 is 5.82 Å². The SMILES string of the molecule is CCOc1ccc(C(=O)Nc2ccc(F)c(Cl)c2)cc1Br. The van der Waals surface area contributed by atoms with Crippen LogP contribution in [0.4, 0.5) is 10.1 Å². The van der Waals surface area contributed by atoms with Crippen molar-refractivity contribution in [1.82, 2.24) is 0 Å². The number of amides is 1. The van der Waals surface area contributed by atoms with E-state index in [1.54, 1.807) is 18.2 Å². The Kier molecular flexibility index (Phi) is 5.20. The van der Waals surface area contributed by atoms with Gasteiger partial charge < -0.3 is 10.1 Å². The van der Waals surface area contributed by atoms with Gasteiger partial charge in [-0.05, 0) is 59.3 Å². The van der Waals surface area contributed by atoms with Crippen molar-refractivity contribution < 1.29 is 13.9 Å². The molecular weight excluding hydrogens is 361 g/mol. The maximum Gasteiger partial charge on any atom is 0.255 e. The Bertz CT molecular complexity index is 679. The summed E-state index contributed by atoms with van der Waals surface area (Å²) in [4.78, 5) is 12.1. The molecule has 0 aromatic heterocycles. The molecule has 6 heteroatoms. The van der Waals surface area contributed by atoms with Crippen molar-refractivity contribution in [2.24, 2.45) is 0 Å². The third-order valence-corrected chi connectivity index (χ3v) is 3.58. The average molecular weight is 373 g/mol. The molecule has 0 saturated carbocycles. The molecule has 1 amide bonds. The van der Waals surface area contributed by atoms with Crippen LogP contribution in [0.3, 0.4) is 0 Å². The second-order valence-electron chi connectivity index (χ2n) is 4.16. The minimum atomic E-state index is -0.529. The zero-order chi connectivity index (χ0) is 15.4. The molecule has 2 aromatic carbocycles. The van der Waals surface area contributed by atoms with E-state index in [9.17, 15) is 9.18 Å². The fourth-order valence-electron chi connectivity index (χ4n) is 1.69. The van der Waals surface area contributed by atoms with Gasteiger partial charge in [0.1, 0.15) is 11.6 Å². The fourth-order valence-corrected chi connectivity index (χ4v) is 2.37. The van der Waals surface area contributed by atoms with Crippen LogP contribution in [0.15, 0.2) is 40.9 Å². The molecule has 3 nitrogen and oxygen atoms in total. The van der Waals surface area contributed by atoms with Gasteiger partial charge in [-0.1, -0.05) is 11.6 Å². The molecule has 2 aromatic rings. The molecule has 2 rings (SSSR count). The second-order valence-corrected chi connectivity index (χ2v) is 5.42. The van der Waals surface area contributed by atoms with Crippen LogP contribution in [-0.4, -0.2) is 12.5 Å². The molecule has 0 aliphatic carbocycles. The minimum absolute atomic E-state index is 0.0410. The number of rotatable bonds is 4. The Balaban J connectivity index is 2.16. The van der Waals surface area contributed by atoms with E-state index in [0.717, 1.165) is 0 Å². The molecule has 0 fully saturated rings. The van der Waals surface area contributed by atoms with Crippen molar-refractivity contribution in [3.63, 3.8) is 0 Å². The Hall–Kier alpha value is -1.59. The van der Waals surface area contributed by atoms with Gasteiger partial charge in [-0.15, -0.1) is 0 Å². The minimum Gasteiger partial charge on any atom is -0.493 e. The molecule has 21 heavy (non-hydrogen) atoms. The van der Waals surface area contributed by atoms with Crippen LogP contribution in [0.1, 0.15) is 17.3 Å². The highest BCUT2D eigenvalue weighted by atomic mass is 79.9. The largest absolute Gasteiger partial charge is 0.493 e. The molecule has 0 radical (unpaired) electrons. The molecule has 0 saturated heterocycles. The molecule has 0 aliphatic heterocycles. The van der Waals surface area contributed by atoms with Crippen molar-refractivity contribution in [3.05, 3.63) is 57.3 Å². The van der Waals surface area contributed by atoms with Gasteiger partial charge in [0, 0.05) is 11.3 Å². The first-order chi connectivity index (χ1) is 10.0. The zero-order valence-electron chi connectivity index (χ0n) is 11.1. The van der Waals surface area contributed by atoms with E-state index in [1.165, 1.54) is 18.2 Å². The first-order valence-electron chi connectivity index (χ1n) is 6.20. The molecule has 0 spiro atoms. The lowest BCUT2D eigenvalue weighted by Gasteiger charge is -2.09. The van der Waals surface area contributed by atoms with Gasteiger partial charge in [0.2, 0.25) is 0 Å². The number of hydrogen-bond donors (Lipinski definition) is 1. The topological polar surface area (TPSA) is 38.3 Å². The molecule has 1 N–H and O–H groups in total. The van der Waals surface area contributed by atoms with Crippen LogP contribution in [0.2, 0.25) is 5.02 Å². The number of benzene rings is 2. The van der Waals surface area contributed by atoms with Crippen LogP contribution in [-0.2, 0) is 0 Å². The Morgan fingerprint density at radius 1 is 1.33 bits per heavy atom. The number of carbonyl (C=O) groups excluding carboxylic acids is 1. The van der Waals surface area contributed by atoms with Gasteiger partial charge in [-0.2, -0.15) is 0 Å². The van der Waals surface area contributed by atoms with Crippen molar-refractivity contribution in [2.45, 2.75) is 6.92 Å². The average Bonchev–Trinajstić information content (AvgIpc) is 2.45. The lowest BCUT2D eigenvalue weighted by molar-refractivity contribution is 0.102. The van der Waals surface area contributed by atoms with Crippen molar-refractivity contribution in [1.29, 1.82) is 0 Å². The Morgan fingerprint density at radius 3 is 2.71 bits per heavy atom. The van der Waals surface area contributed by atoms with Gasteiger partial charge in [0.25, 0.3) is 5.91 Å². The van der Waals surface area contributed by atoms with E-state index in [1.807, 2.05) is 6.92 Å². The molecule has 0 atom stereocenters. The quantitative estimate of drug-likeness (QED) is 0.829. The summed E-state index contributed by atoms with van der Waals surface area (Å²) in [6.45, 7) is 2.42. The number of carbonyl (C=O) groups is 1. The predicted octanol–water partition coefficient (Wildman–Crippen LogP) is 4.89. The van der Waals surface area contributed by atoms with E-state index in [0.29, 0.717) is 28.1 Å². The number of anilines is 1. The monoisotopic (exact) mass is 371 g/mol. The van der Waals surface area contributed by atoms with Crippen LogP contribution in [0.25, 0.3) is 0 Å². The molecule has 0 aliphatic rings. The second kappa shape index (κ2) is 6.91. The molecule has 0 unspecified atom stereocenters. The number of halogens is 3. The summed E-state index contributed by atoms with van der Waals surface area (Å²) in [5.74, 6) is -0.182. The highest BCUT2D eigenvalue weighted by molar-refractivity contribution is 9.10. The smallest absolute Gasteiger partial charge is 0.255 e. The van der Waals surface area contributed by atoms with Crippen molar-refractivity contribution in [3.8, 4) is 5.75 Å². The van der Waals surface area contributed by atoms with Crippen LogP contribution in [0.5, 0.6) is 5.75 Å². The van der Waals surface area contributed by atoms with Gasteiger partial charge in [-0.25, -0.2) is 4.39 Å². The summed E-state index contributed by atoms with van der Waals surface area (Å²) in [5.41, 5.74) is 0.877. The molecule has 110 valence electrons.